The summed E-state index contributed by atoms with van der Waals surface area (Å²) in [5.74, 6) is 0.316. The molecule has 1 aromatic carbocycles. The quantitative estimate of drug-likeness (QED) is 0.744. The normalized spacial score (nSPS) is 12.0. The lowest BCUT2D eigenvalue weighted by Crippen LogP contribution is -2.11. The fraction of sp³-hybridized carbons (Fsp3) is 0.167. The van der Waals surface area contributed by atoms with Crippen LogP contribution in [0.1, 0.15) is 5.56 Å². The molecule has 0 amide bonds. The molecule has 2 heterocycles. The average molecular weight is 339 g/mol. The number of anilines is 1. The van der Waals surface area contributed by atoms with Gasteiger partial charge >= 0.3 is 0 Å². The number of fused-ring (bicyclic) bond motifs is 1. The van der Waals surface area contributed by atoms with Crippen LogP contribution in [0.2, 0.25) is 5.02 Å². The summed E-state index contributed by atoms with van der Waals surface area (Å²) in [5, 5.41) is 4.44. The van der Waals surface area contributed by atoms with Crippen molar-refractivity contribution in [3.8, 4) is 11.4 Å². The first-order valence-electron chi connectivity index (χ1n) is 6.12. The Morgan fingerprint density at radius 1 is 1.23 bits per heavy atom. The fourth-order valence-corrected chi connectivity index (χ4v) is 2.48. The van der Waals surface area contributed by atoms with Crippen molar-refractivity contribution in [3.63, 3.8) is 0 Å². The van der Waals surface area contributed by atoms with Crippen molar-refractivity contribution < 1.29 is 8.42 Å². The molecular weight excluding hydrogens is 328 g/mol. The second-order valence-corrected chi connectivity index (χ2v) is 7.06. The summed E-state index contributed by atoms with van der Waals surface area (Å²) in [5.41, 5.74) is 7.31. The molecule has 0 saturated heterocycles. The molecule has 8 nitrogen and oxygen atoms in total. The van der Waals surface area contributed by atoms with Crippen LogP contribution in [0.3, 0.4) is 0 Å². The number of rotatable bonds is 2. The molecule has 2 aromatic heterocycles. The Hall–Kier alpha value is -2.26. The zero-order valence-electron chi connectivity index (χ0n) is 11.6. The van der Waals surface area contributed by atoms with E-state index < -0.39 is 9.84 Å². The summed E-state index contributed by atoms with van der Waals surface area (Å²) < 4.78 is 24.3. The lowest BCUT2D eigenvalue weighted by Gasteiger charge is -1.99. The standard InChI is InChI=1S/C12H11ClN6O2S/c1-6-5-7(3-4-8(6)13)9-15-11-17-12(22(2,20)21)16-10(14)19(11)18-9/h3-5H,1-2H3,(H2,14,15,16,17,18). The molecule has 3 aromatic rings. The predicted molar refractivity (Wildman–Crippen MR) is 81.3 cm³/mol. The Balaban J connectivity index is 2.21. The smallest absolute Gasteiger partial charge is 0.258 e. The number of halogens is 1. The molecule has 2 N–H and O–H groups in total. The van der Waals surface area contributed by atoms with Crippen molar-refractivity contribution in [1.29, 1.82) is 0 Å². The van der Waals surface area contributed by atoms with E-state index in [1.165, 1.54) is 4.52 Å². The number of sulfone groups is 1. The SMILES string of the molecule is Cc1cc(-c2nc3nc(S(C)(=O)=O)nc(N)n3n2)ccc1Cl. The number of hydrogen-bond acceptors (Lipinski definition) is 7. The van der Waals surface area contributed by atoms with E-state index in [-0.39, 0.29) is 16.9 Å². The predicted octanol–water partition coefficient (Wildman–Crippen LogP) is 1.13. The molecule has 114 valence electrons. The minimum absolute atomic E-state index is 0.0653. The van der Waals surface area contributed by atoms with Gasteiger partial charge in [0.2, 0.25) is 15.8 Å². The molecule has 0 aliphatic rings. The summed E-state index contributed by atoms with van der Waals surface area (Å²) in [6.07, 6.45) is 0.998. The van der Waals surface area contributed by atoms with E-state index in [2.05, 4.69) is 20.1 Å². The van der Waals surface area contributed by atoms with Gasteiger partial charge in [0.1, 0.15) is 0 Å². The fourth-order valence-electron chi connectivity index (χ4n) is 1.86. The maximum atomic E-state index is 11.5. The van der Waals surface area contributed by atoms with Crippen molar-refractivity contribution in [2.45, 2.75) is 12.1 Å². The lowest BCUT2D eigenvalue weighted by atomic mass is 10.1. The van der Waals surface area contributed by atoms with Gasteiger partial charge < -0.3 is 5.73 Å². The molecular formula is C12H11ClN6O2S. The molecule has 3 rings (SSSR count). The maximum Gasteiger partial charge on any atom is 0.258 e. The van der Waals surface area contributed by atoms with Crippen LogP contribution in [0.4, 0.5) is 5.95 Å². The molecule has 0 aliphatic heterocycles. The number of nitrogen functional groups attached to an aromatic ring is 1. The number of aryl methyl sites for hydroxylation is 1. The van der Waals surface area contributed by atoms with E-state index in [1.807, 2.05) is 13.0 Å². The van der Waals surface area contributed by atoms with Gasteiger partial charge in [-0.15, -0.1) is 5.10 Å². The van der Waals surface area contributed by atoms with Crippen LogP contribution in [-0.2, 0) is 9.84 Å². The minimum Gasteiger partial charge on any atom is -0.368 e. The van der Waals surface area contributed by atoms with Gasteiger partial charge in [0.25, 0.3) is 10.9 Å². The first-order chi connectivity index (χ1) is 10.3. The second-order valence-electron chi connectivity index (χ2n) is 4.75. The molecule has 0 bridgehead atoms. The summed E-state index contributed by atoms with van der Waals surface area (Å²) in [6, 6.07) is 5.30. The highest BCUT2D eigenvalue weighted by atomic mass is 35.5. The summed E-state index contributed by atoms with van der Waals surface area (Å²) in [4.78, 5) is 11.8. The van der Waals surface area contributed by atoms with Crippen LogP contribution >= 0.6 is 11.6 Å². The molecule has 0 fully saturated rings. The zero-order chi connectivity index (χ0) is 16.1. The van der Waals surface area contributed by atoms with Gasteiger partial charge in [0.15, 0.2) is 5.82 Å². The topological polar surface area (TPSA) is 116 Å². The molecule has 0 atom stereocenters. The van der Waals surface area contributed by atoms with E-state index in [9.17, 15) is 8.42 Å². The Morgan fingerprint density at radius 2 is 1.95 bits per heavy atom. The van der Waals surface area contributed by atoms with Gasteiger partial charge in [-0.05, 0) is 30.7 Å². The Bertz CT molecular complexity index is 998. The van der Waals surface area contributed by atoms with Crippen LogP contribution < -0.4 is 5.73 Å². The van der Waals surface area contributed by atoms with E-state index in [4.69, 9.17) is 17.3 Å². The van der Waals surface area contributed by atoms with E-state index in [0.29, 0.717) is 16.4 Å². The zero-order valence-corrected chi connectivity index (χ0v) is 13.2. The Labute approximate surface area is 130 Å². The van der Waals surface area contributed by atoms with Gasteiger partial charge in [-0.25, -0.2) is 8.42 Å². The number of aromatic nitrogens is 5. The van der Waals surface area contributed by atoms with Crippen molar-refractivity contribution in [1.82, 2.24) is 24.6 Å². The average Bonchev–Trinajstić information content (AvgIpc) is 2.85. The molecule has 0 radical (unpaired) electrons. The molecule has 22 heavy (non-hydrogen) atoms. The number of nitrogens with zero attached hydrogens (tertiary/aromatic N) is 5. The second kappa shape index (κ2) is 4.89. The molecule has 0 saturated carbocycles. The van der Waals surface area contributed by atoms with E-state index in [1.54, 1.807) is 12.1 Å². The van der Waals surface area contributed by atoms with Gasteiger partial charge in [-0.3, -0.25) is 0 Å². The summed E-state index contributed by atoms with van der Waals surface area (Å²) in [6.45, 7) is 1.86. The third-order valence-electron chi connectivity index (χ3n) is 2.96. The monoisotopic (exact) mass is 338 g/mol. The van der Waals surface area contributed by atoms with Crippen molar-refractivity contribution in [2.75, 3.05) is 12.0 Å². The van der Waals surface area contributed by atoms with Crippen LogP contribution in [0, 0.1) is 6.92 Å². The van der Waals surface area contributed by atoms with Crippen molar-refractivity contribution in [3.05, 3.63) is 28.8 Å². The Kier molecular flexibility index (Phi) is 3.26. The van der Waals surface area contributed by atoms with E-state index in [0.717, 1.165) is 11.8 Å². The third kappa shape index (κ3) is 2.48. The van der Waals surface area contributed by atoms with Crippen molar-refractivity contribution in [2.24, 2.45) is 0 Å². The van der Waals surface area contributed by atoms with Crippen LogP contribution in [0.15, 0.2) is 23.4 Å². The molecule has 0 unspecified atom stereocenters. The number of hydrogen-bond donors (Lipinski definition) is 1. The number of benzene rings is 1. The van der Waals surface area contributed by atoms with Crippen LogP contribution in [0.5, 0.6) is 0 Å². The minimum atomic E-state index is -3.59. The largest absolute Gasteiger partial charge is 0.368 e. The first kappa shape index (κ1) is 14.7. The highest BCUT2D eigenvalue weighted by Gasteiger charge is 2.17. The maximum absolute atomic E-state index is 11.5. The molecule has 10 heteroatoms. The van der Waals surface area contributed by atoms with Gasteiger partial charge in [-0.2, -0.15) is 19.5 Å². The third-order valence-corrected chi connectivity index (χ3v) is 4.23. The van der Waals surface area contributed by atoms with Crippen LogP contribution in [0.25, 0.3) is 17.2 Å². The highest BCUT2D eigenvalue weighted by molar-refractivity contribution is 7.90. The van der Waals surface area contributed by atoms with Gasteiger partial charge in [0.05, 0.1) is 0 Å². The molecule has 0 aliphatic carbocycles. The van der Waals surface area contributed by atoms with Gasteiger partial charge in [-0.1, -0.05) is 11.6 Å². The first-order valence-corrected chi connectivity index (χ1v) is 8.39. The lowest BCUT2D eigenvalue weighted by molar-refractivity contribution is 0.592. The summed E-state index contributed by atoms with van der Waals surface area (Å²) >= 11 is 5.99. The van der Waals surface area contributed by atoms with E-state index >= 15 is 0 Å². The highest BCUT2D eigenvalue weighted by Crippen LogP contribution is 2.23. The Morgan fingerprint density at radius 3 is 2.59 bits per heavy atom. The van der Waals surface area contributed by atoms with Crippen LogP contribution in [-0.4, -0.2) is 39.2 Å². The van der Waals surface area contributed by atoms with Gasteiger partial charge in [0, 0.05) is 16.8 Å². The number of nitrogens with two attached hydrogens (primary N) is 1. The molecule has 0 spiro atoms. The summed E-state index contributed by atoms with van der Waals surface area (Å²) in [7, 11) is -3.59. The van der Waals surface area contributed by atoms with Crippen molar-refractivity contribution >= 4 is 33.2 Å².